The van der Waals surface area contributed by atoms with E-state index in [1.165, 1.54) is 5.01 Å². The van der Waals surface area contributed by atoms with Crippen LogP contribution in [0, 0.1) is 19.8 Å². The summed E-state index contributed by atoms with van der Waals surface area (Å²) in [5.41, 5.74) is 3.22. The van der Waals surface area contributed by atoms with Gasteiger partial charge in [0.25, 0.3) is 5.91 Å². The molecule has 1 unspecified atom stereocenters. The van der Waals surface area contributed by atoms with Gasteiger partial charge in [-0.05, 0) is 46.2 Å². The van der Waals surface area contributed by atoms with Crippen LogP contribution in [0.1, 0.15) is 37.9 Å². The first-order valence-electron chi connectivity index (χ1n) is 8.60. The number of hydrazone groups is 1. The molecular formula is C19H23N5O2. The number of rotatable bonds is 4. The fourth-order valence-corrected chi connectivity index (χ4v) is 3.11. The Morgan fingerprint density at radius 2 is 1.92 bits per heavy atom. The molecule has 1 atom stereocenters. The fraction of sp³-hybridized carbons (Fsp3) is 0.368. The van der Waals surface area contributed by atoms with Crippen molar-refractivity contribution in [3.8, 4) is 0 Å². The molecule has 0 spiro atoms. The first kappa shape index (κ1) is 17.8. The molecule has 7 nitrogen and oxygen atoms in total. The number of hydrogen-bond acceptors (Lipinski definition) is 4. The van der Waals surface area contributed by atoms with Crippen LogP contribution in [0.15, 0.2) is 35.6 Å². The summed E-state index contributed by atoms with van der Waals surface area (Å²) in [4.78, 5) is 25.6. The molecule has 2 heterocycles. The van der Waals surface area contributed by atoms with Gasteiger partial charge in [-0.2, -0.15) is 15.2 Å². The van der Waals surface area contributed by atoms with E-state index in [4.69, 9.17) is 0 Å². The highest BCUT2D eigenvalue weighted by molar-refractivity contribution is 6.28. The number of carbonyl (C=O) groups excluding carboxylic acids is 2. The zero-order chi connectivity index (χ0) is 19.0. The number of aryl methyl sites for hydroxylation is 2. The highest BCUT2D eigenvalue weighted by atomic mass is 16.2. The van der Waals surface area contributed by atoms with Gasteiger partial charge in [-0.25, -0.2) is 4.68 Å². The van der Waals surface area contributed by atoms with E-state index in [-0.39, 0.29) is 11.9 Å². The van der Waals surface area contributed by atoms with Crippen LogP contribution in [0.4, 0.5) is 11.5 Å². The third-order valence-electron chi connectivity index (χ3n) is 4.38. The number of nitrogens with zero attached hydrogens (tertiary/aromatic N) is 4. The van der Waals surface area contributed by atoms with Gasteiger partial charge >= 0.3 is 0 Å². The standard InChI is InChI=1S/C19H23N5O2/c1-11(2)23-16(8-9-20-23)21-18(25)17-14(5)22-24(19(17)26)15-7-6-12(3)10-13(15)4/h6-11,17H,1-5H3,(H,21,25). The van der Waals surface area contributed by atoms with Crippen LogP contribution in [0.2, 0.25) is 0 Å². The van der Waals surface area contributed by atoms with Gasteiger partial charge in [-0.1, -0.05) is 17.7 Å². The van der Waals surface area contributed by atoms with Gasteiger partial charge in [0.2, 0.25) is 5.91 Å². The maximum Gasteiger partial charge on any atom is 0.265 e. The summed E-state index contributed by atoms with van der Waals surface area (Å²) < 4.78 is 1.70. The Morgan fingerprint density at radius 3 is 2.58 bits per heavy atom. The largest absolute Gasteiger partial charge is 0.310 e. The first-order valence-corrected chi connectivity index (χ1v) is 8.60. The van der Waals surface area contributed by atoms with Crippen LogP contribution < -0.4 is 10.3 Å². The minimum atomic E-state index is -0.939. The maximum atomic E-state index is 12.9. The van der Waals surface area contributed by atoms with Gasteiger partial charge in [-0.15, -0.1) is 0 Å². The van der Waals surface area contributed by atoms with Gasteiger partial charge in [0.15, 0.2) is 5.92 Å². The molecule has 1 aromatic carbocycles. The number of aromatic nitrogens is 2. The third-order valence-corrected chi connectivity index (χ3v) is 4.38. The Bertz CT molecular complexity index is 897. The summed E-state index contributed by atoms with van der Waals surface area (Å²) in [5, 5.41) is 12.7. The Balaban J connectivity index is 1.83. The number of carbonyl (C=O) groups is 2. The van der Waals surface area contributed by atoms with Crippen LogP contribution in [0.5, 0.6) is 0 Å². The summed E-state index contributed by atoms with van der Waals surface area (Å²) >= 11 is 0. The zero-order valence-corrected chi connectivity index (χ0v) is 15.6. The van der Waals surface area contributed by atoms with E-state index in [0.29, 0.717) is 17.2 Å². The van der Waals surface area contributed by atoms with Crippen molar-refractivity contribution in [3.05, 3.63) is 41.6 Å². The minimum absolute atomic E-state index is 0.0982. The molecule has 0 saturated carbocycles. The summed E-state index contributed by atoms with van der Waals surface area (Å²) in [6.45, 7) is 9.56. The molecule has 0 aliphatic carbocycles. The summed E-state index contributed by atoms with van der Waals surface area (Å²) in [5.74, 6) is -1.12. The SMILES string of the molecule is CC1=NN(c2ccc(C)cc2C)C(=O)C1C(=O)Nc1ccnn1C(C)C. The van der Waals surface area contributed by atoms with E-state index in [1.54, 1.807) is 23.9 Å². The Kier molecular flexibility index (Phi) is 4.63. The Morgan fingerprint density at radius 1 is 1.19 bits per heavy atom. The predicted octanol–water partition coefficient (Wildman–Crippen LogP) is 3.06. The zero-order valence-electron chi connectivity index (χ0n) is 15.6. The summed E-state index contributed by atoms with van der Waals surface area (Å²) in [6, 6.07) is 7.58. The van der Waals surface area contributed by atoms with Crippen molar-refractivity contribution in [2.24, 2.45) is 11.0 Å². The monoisotopic (exact) mass is 353 g/mol. The maximum absolute atomic E-state index is 12.9. The molecule has 26 heavy (non-hydrogen) atoms. The minimum Gasteiger partial charge on any atom is -0.310 e. The summed E-state index contributed by atoms with van der Waals surface area (Å²) in [6.07, 6.45) is 1.62. The first-order chi connectivity index (χ1) is 12.3. The topological polar surface area (TPSA) is 79.6 Å². The average Bonchev–Trinajstić information content (AvgIpc) is 3.12. The van der Waals surface area contributed by atoms with Gasteiger partial charge in [-0.3, -0.25) is 9.59 Å². The molecular weight excluding hydrogens is 330 g/mol. The lowest BCUT2D eigenvalue weighted by molar-refractivity contribution is -0.127. The lowest BCUT2D eigenvalue weighted by atomic mass is 10.0. The van der Waals surface area contributed by atoms with Crippen molar-refractivity contribution in [1.29, 1.82) is 0 Å². The highest BCUT2D eigenvalue weighted by Gasteiger charge is 2.40. The second-order valence-electron chi connectivity index (χ2n) is 6.86. The van der Waals surface area contributed by atoms with Crippen molar-refractivity contribution < 1.29 is 9.59 Å². The predicted molar refractivity (Wildman–Crippen MR) is 101 cm³/mol. The van der Waals surface area contributed by atoms with Gasteiger partial charge in [0.05, 0.1) is 17.6 Å². The van der Waals surface area contributed by atoms with E-state index in [2.05, 4.69) is 15.5 Å². The highest BCUT2D eigenvalue weighted by Crippen LogP contribution is 2.28. The molecule has 0 bridgehead atoms. The van der Waals surface area contributed by atoms with Gasteiger partial charge < -0.3 is 5.32 Å². The number of benzene rings is 1. The summed E-state index contributed by atoms with van der Waals surface area (Å²) in [7, 11) is 0. The molecule has 2 amide bonds. The van der Waals surface area contributed by atoms with Crippen LogP contribution in [-0.2, 0) is 9.59 Å². The quantitative estimate of drug-likeness (QED) is 0.858. The van der Waals surface area contributed by atoms with Crippen LogP contribution in [0.25, 0.3) is 0 Å². The van der Waals surface area contributed by atoms with E-state index in [0.717, 1.165) is 11.1 Å². The lowest BCUT2D eigenvalue weighted by Gasteiger charge is -2.17. The lowest BCUT2D eigenvalue weighted by Crippen LogP contribution is -2.36. The van der Waals surface area contributed by atoms with Crippen molar-refractivity contribution in [3.63, 3.8) is 0 Å². The fourth-order valence-electron chi connectivity index (χ4n) is 3.11. The van der Waals surface area contributed by atoms with E-state index in [1.807, 2.05) is 45.9 Å². The number of amides is 2. The van der Waals surface area contributed by atoms with Gasteiger partial charge in [0.1, 0.15) is 5.82 Å². The smallest absolute Gasteiger partial charge is 0.265 e. The average molecular weight is 353 g/mol. The molecule has 1 aromatic heterocycles. The Labute approximate surface area is 152 Å². The number of hydrogen-bond donors (Lipinski definition) is 1. The normalized spacial score (nSPS) is 17.0. The van der Waals surface area contributed by atoms with Crippen LogP contribution >= 0.6 is 0 Å². The molecule has 1 aliphatic rings. The van der Waals surface area contributed by atoms with Gasteiger partial charge in [0, 0.05) is 12.1 Å². The van der Waals surface area contributed by atoms with E-state index >= 15 is 0 Å². The molecule has 3 rings (SSSR count). The molecule has 7 heteroatoms. The van der Waals surface area contributed by atoms with Crippen LogP contribution in [0.3, 0.4) is 0 Å². The molecule has 0 saturated heterocycles. The van der Waals surface area contributed by atoms with Crippen molar-refractivity contribution in [2.75, 3.05) is 10.3 Å². The second kappa shape index (κ2) is 6.74. The molecule has 1 aliphatic heterocycles. The third kappa shape index (κ3) is 3.12. The van der Waals surface area contributed by atoms with Crippen molar-refractivity contribution in [1.82, 2.24) is 9.78 Å². The second-order valence-corrected chi connectivity index (χ2v) is 6.86. The molecule has 1 N–H and O–H groups in total. The van der Waals surface area contributed by atoms with Crippen molar-refractivity contribution >= 4 is 29.0 Å². The van der Waals surface area contributed by atoms with Crippen molar-refractivity contribution in [2.45, 2.75) is 40.7 Å². The Hall–Kier alpha value is -2.96. The molecule has 0 radical (unpaired) electrons. The molecule has 2 aromatic rings. The van der Waals surface area contributed by atoms with E-state index < -0.39 is 11.8 Å². The molecule has 0 fully saturated rings. The number of nitrogens with one attached hydrogen (secondary N) is 1. The molecule has 136 valence electrons. The van der Waals surface area contributed by atoms with Crippen LogP contribution in [-0.4, -0.2) is 27.3 Å². The van der Waals surface area contributed by atoms with E-state index in [9.17, 15) is 9.59 Å². The number of anilines is 2.